The van der Waals surface area contributed by atoms with Crippen molar-refractivity contribution in [3.8, 4) is 5.88 Å². The van der Waals surface area contributed by atoms with E-state index >= 15 is 0 Å². The fourth-order valence-electron chi connectivity index (χ4n) is 1.99. The van der Waals surface area contributed by atoms with Gasteiger partial charge in [0.1, 0.15) is 0 Å². The number of hydrogen-bond acceptors (Lipinski definition) is 4. The van der Waals surface area contributed by atoms with Crippen molar-refractivity contribution >= 4 is 0 Å². The van der Waals surface area contributed by atoms with Crippen LogP contribution in [-0.2, 0) is 13.0 Å². The van der Waals surface area contributed by atoms with Crippen LogP contribution in [0.5, 0.6) is 5.88 Å². The van der Waals surface area contributed by atoms with E-state index in [0.717, 1.165) is 37.3 Å². The van der Waals surface area contributed by atoms with E-state index in [1.54, 1.807) is 7.11 Å². The van der Waals surface area contributed by atoms with Gasteiger partial charge in [0.05, 0.1) is 31.4 Å². The molecular weight excluding hydrogens is 252 g/mol. The Morgan fingerprint density at radius 2 is 2.15 bits per heavy atom. The molecule has 2 aromatic rings. The van der Waals surface area contributed by atoms with Crippen LogP contribution in [0, 0.1) is 0 Å². The Hall–Kier alpha value is -1.88. The summed E-state index contributed by atoms with van der Waals surface area (Å²) in [5, 5.41) is 3.38. The molecule has 108 valence electrons. The molecule has 0 saturated carbocycles. The Kier molecular flexibility index (Phi) is 5.55. The second kappa shape index (κ2) is 7.65. The lowest BCUT2D eigenvalue weighted by atomic mass is 10.3. The first-order valence-corrected chi connectivity index (χ1v) is 7.03. The highest BCUT2D eigenvalue weighted by Crippen LogP contribution is 2.08. The molecule has 0 atom stereocenters. The highest BCUT2D eigenvalue weighted by Gasteiger charge is 2.02. The Morgan fingerprint density at radius 1 is 1.25 bits per heavy atom. The van der Waals surface area contributed by atoms with Gasteiger partial charge in [-0.15, -0.1) is 0 Å². The van der Waals surface area contributed by atoms with Crippen LogP contribution in [0.15, 0.2) is 30.7 Å². The topological polar surface area (TPSA) is 52.0 Å². The number of aromatic nitrogens is 3. The van der Waals surface area contributed by atoms with Crippen molar-refractivity contribution in [3.63, 3.8) is 0 Å². The number of rotatable bonds is 8. The molecule has 0 aliphatic carbocycles. The van der Waals surface area contributed by atoms with Crippen LogP contribution in [0.1, 0.15) is 24.7 Å². The van der Waals surface area contributed by atoms with Crippen LogP contribution >= 0.6 is 0 Å². The molecule has 0 saturated heterocycles. The average molecular weight is 274 g/mol. The number of hydrogen-bond donors (Lipinski definition) is 1. The first kappa shape index (κ1) is 14.5. The van der Waals surface area contributed by atoms with Gasteiger partial charge in [0.25, 0.3) is 0 Å². The van der Waals surface area contributed by atoms with Crippen molar-refractivity contribution in [3.05, 3.63) is 42.1 Å². The predicted octanol–water partition coefficient (Wildman–Crippen LogP) is 1.88. The molecule has 2 heterocycles. The fourth-order valence-corrected chi connectivity index (χ4v) is 1.99. The van der Waals surface area contributed by atoms with Crippen LogP contribution in [0.25, 0.3) is 0 Å². The first-order chi connectivity index (χ1) is 9.81. The number of nitrogens with one attached hydrogen (secondary N) is 1. The highest BCUT2D eigenvalue weighted by molar-refractivity contribution is 5.16. The molecular formula is C15H22N4O. The van der Waals surface area contributed by atoms with Gasteiger partial charge in [-0.1, -0.05) is 13.0 Å². The SMILES string of the molecule is CCCNCCc1cn(Cc2cccc(OC)n2)cn1. The molecule has 0 unspecified atom stereocenters. The van der Waals surface area contributed by atoms with Gasteiger partial charge in [0.2, 0.25) is 5.88 Å². The number of imidazole rings is 1. The van der Waals surface area contributed by atoms with Crippen LogP contribution in [-0.4, -0.2) is 34.7 Å². The Bertz CT molecular complexity index is 524. The zero-order valence-corrected chi connectivity index (χ0v) is 12.2. The normalized spacial score (nSPS) is 10.7. The third-order valence-corrected chi connectivity index (χ3v) is 3.01. The van der Waals surface area contributed by atoms with E-state index in [2.05, 4.69) is 33.0 Å². The van der Waals surface area contributed by atoms with E-state index < -0.39 is 0 Å². The summed E-state index contributed by atoms with van der Waals surface area (Å²) >= 11 is 0. The molecule has 0 fully saturated rings. The Morgan fingerprint density at radius 3 is 2.95 bits per heavy atom. The van der Waals surface area contributed by atoms with Crippen LogP contribution in [0.2, 0.25) is 0 Å². The van der Waals surface area contributed by atoms with E-state index in [-0.39, 0.29) is 0 Å². The largest absolute Gasteiger partial charge is 0.481 e. The van der Waals surface area contributed by atoms with Crippen molar-refractivity contribution in [1.82, 2.24) is 19.9 Å². The van der Waals surface area contributed by atoms with E-state index in [1.807, 2.05) is 24.5 Å². The summed E-state index contributed by atoms with van der Waals surface area (Å²) in [5.41, 5.74) is 2.08. The second-order valence-electron chi connectivity index (χ2n) is 4.71. The molecule has 0 aliphatic heterocycles. The van der Waals surface area contributed by atoms with Crippen molar-refractivity contribution < 1.29 is 4.74 Å². The minimum absolute atomic E-state index is 0.645. The maximum atomic E-state index is 5.13. The van der Waals surface area contributed by atoms with Gasteiger partial charge in [-0.2, -0.15) is 0 Å². The minimum atomic E-state index is 0.645. The summed E-state index contributed by atoms with van der Waals surface area (Å²) in [6.07, 6.45) is 6.06. The maximum absolute atomic E-state index is 5.13. The van der Waals surface area contributed by atoms with Gasteiger partial charge in [-0.05, 0) is 19.0 Å². The highest BCUT2D eigenvalue weighted by atomic mass is 16.5. The molecule has 2 aromatic heterocycles. The third-order valence-electron chi connectivity index (χ3n) is 3.01. The summed E-state index contributed by atoms with van der Waals surface area (Å²) in [5.74, 6) is 0.645. The van der Waals surface area contributed by atoms with Crippen molar-refractivity contribution in [2.75, 3.05) is 20.2 Å². The lowest BCUT2D eigenvalue weighted by Crippen LogP contribution is -2.17. The summed E-state index contributed by atoms with van der Waals surface area (Å²) < 4.78 is 7.18. The molecule has 0 amide bonds. The molecule has 5 heteroatoms. The van der Waals surface area contributed by atoms with E-state index in [0.29, 0.717) is 12.4 Å². The van der Waals surface area contributed by atoms with Crippen molar-refractivity contribution in [2.24, 2.45) is 0 Å². The number of pyridine rings is 1. The van der Waals surface area contributed by atoms with E-state index in [1.165, 1.54) is 0 Å². The number of ether oxygens (including phenoxy) is 1. The monoisotopic (exact) mass is 274 g/mol. The third kappa shape index (κ3) is 4.35. The second-order valence-corrected chi connectivity index (χ2v) is 4.71. The van der Waals surface area contributed by atoms with Crippen molar-refractivity contribution in [2.45, 2.75) is 26.3 Å². The van der Waals surface area contributed by atoms with Crippen LogP contribution in [0.4, 0.5) is 0 Å². The summed E-state index contributed by atoms with van der Waals surface area (Å²) in [4.78, 5) is 8.82. The Balaban J connectivity index is 1.88. The number of methoxy groups -OCH3 is 1. The standard InChI is InChI=1S/C15H22N4O/c1-3-8-16-9-7-13-10-19(12-17-13)11-14-5-4-6-15(18-14)20-2/h4-6,10,12,16H,3,7-9,11H2,1-2H3. The molecule has 5 nitrogen and oxygen atoms in total. The molecule has 20 heavy (non-hydrogen) atoms. The smallest absolute Gasteiger partial charge is 0.213 e. The lowest BCUT2D eigenvalue weighted by molar-refractivity contribution is 0.396. The Labute approximate surface area is 120 Å². The van der Waals surface area contributed by atoms with Gasteiger partial charge < -0.3 is 14.6 Å². The average Bonchev–Trinajstić information content (AvgIpc) is 2.91. The van der Waals surface area contributed by atoms with Crippen LogP contribution < -0.4 is 10.1 Å². The molecule has 0 bridgehead atoms. The summed E-state index contributed by atoms with van der Waals surface area (Å²) in [6.45, 7) is 4.92. The number of nitrogens with zero attached hydrogens (tertiary/aromatic N) is 3. The van der Waals surface area contributed by atoms with Gasteiger partial charge >= 0.3 is 0 Å². The molecule has 1 N–H and O–H groups in total. The fraction of sp³-hybridized carbons (Fsp3) is 0.467. The van der Waals surface area contributed by atoms with Gasteiger partial charge in [-0.25, -0.2) is 9.97 Å². The molecule has 0 spiro atoms. The maximum Gasteiger partial charge on any atom is 0.213 e. The zero-order valence-electron chi connectivity index (χ0n) is 12.2. The van der Waals surface area contributed by atoms with E-state index in [4.69, 9.17) is 4.74 Å². The first-order valence-electron chi connectivity index (χ1n) is 7.03. The van der Waals surface area contributed by atoms with Gasteiger partial charge in [0, 0.05) is 25.2 Å². The minimum Gasteiger partial charge on any atom is -0.481 e. The quantitative estimate of drug-likeness (QED) is 0.747. The van der Waals surface area contributed by atoms with Gasteiger partial charge in [-0.3, -0.25) is 0 Å². The predicted molar refractivity (Wildman–Crippen MR) is 79.0 cm³/mol. The van der Waals surface area contributed by atoms with Crippen molar-refractivity contribution in [1.29, 1.82) is 0 Å². The zero-order chi connectivity index (χ0) is 14.2. The molecule has 0 aliphatic rings. The van der Waals surface area contributed by atoms with Crippen LogP contribution in [0.3, 0.4) is 0 Å². The van der Waals surface area contributed by atoms with E-state index in [9.17, 15) is 0 Å². The molecule has 0 radical (unpaired) electrons. The summed E-state index contributed by atoms with van der Waals surface area (Å²) in [6, 6.07) is 5.79. The molecule has 2 rings (SSSR count). The summed E-state index contributed by atoms with van der Waals surface area (Å²) in [7, 11) is 1.63. The van der Waals surface area contributed by atoms with Gasteiger partial charge in [0.15, 0.2) is 0 Å². The molecule has 0 aromatic carbocycles. The lowest BCUT2D eigenvalue weighted by Gasteiger charge is -2.04.